The first kappa shape index (κ1) is 23.6. The van der Waals surface area contributed by atoms with E-state index in [1.165, 1.54) is 6.07 Å². The number of anilines is 2. The Labute approximate surface area is 209 Å². The van der Waals surface area contributed by atoms with Crippen LogP contribution >= 0.6 is 0 Å². The fourth-order valence-electron chi connectivity index (χ4n) is 4.57. The number of amides is 1. The van der Waals surface area contributed by atoms with Gasteiger partial charge in [-0.05, 0) is 68.0 Å². The number of aromatic hydroxyl groups is 1. The molecule has 7 nitrogen and oxygen atoms in total. The maximum atomic E-state index is 13.0. The fourth-order valence-corrected chi connectivity index (χ4v) is 4.57. The molecule has 1 amide bonds. The van der Waals surface area contributed by atoms with Crippen LogP contribution in [0.25, 0.3) is 11.0 Å². The molecule has 0 bridgehead atoms. The van der Waals surface area contributed by atoms with E-state index in [4.69, 9.17) is 4.42 Å². The van der Waals surface area contributed by atoms with E-state index >= 15 is 0 Å². The quantitative estimate of drug-likeness (QED) is 0.298. The smallest absolute Gasteiger partial charge is 0.255 e. The minimum absolute atomic E-state index is 0.0216. The molecule has 0 unspecified atom stereocenters. The predicted molar refractivity (Wildman–Crippen MR) is 141 cm³/mol. The zero-order chi connectivity index (χ0) is 25.1. The number of carbonyl (C=O) groups excluding carboxylic acids is 2. The molecule has 1 saturated heterocycles. The first-order valence-corrected chi connectivity index (χ1v) is 12.2. The minimum atomic E-state index is -0.351. The number of Topliss-reactive ketones (excluding diaryl/α,β-unsaturated/α-hetero) is 1. The van der Waals surface area contributed by atoms with Crippen molar-refractivity contribution in [3.63, 3.8) is 0 Å². The summed E-state index contributed by atoms with van der Waals surface area (Å²) in [5, 5.41) is 14.1. The van der Waals surface area contributed by atoms with Gasteiger partial charge in [0.2, 0.25) is 5.78 Å². The van der Waals surface area contributed by atoms with Gasteiger partial charge in [0.05, 0.1) is 5.69 Å². The van der Waals surface area contributed by atoms with Crippen molar-refractivity contribution >= 4 is 34.0 Å². The van der Waals surface area contributed by atoms with E-state index in [0.29, 0.717) is 16.7 Å². The number of phenols is 1. The lowest BCUT2D eigenvalue weighted by Gasteiger charge is -2.23. The van der Waals surface area contributed by atoms with Gasteiger partial charge >= 0.3 is 0 Å². The summed E-state index contributed by atoms with van der Waals surface area (Å²) in [4.78, 5) is 30.6. The summed E-state index contributed by atoms with van der Waals surface area (Å²) in [7, 11) is 2.13. The lowest BCUT2D eigenvalue weighted by Crippen LogP contribution is -2.28. The Bertz CT molecular complexity index is 1360. The summed E-state index contributed by atoms with van der Waals surface area (Å²) in [5.74, 6) is -0.438. The standard InChI is InChI=1S/C29H29N3O4/c1-31-14-5-15-32(17-16-31)23-12-10-20(11-13-23)29(35)30-28-22(7-4-8-24(28)33)18-25(34)27-19-21-6-2-3-9-26(21)36-27/h2-4,6-13,19,33H,5,14-18H2,1H3,(H,30,35). The lowest BCUT2D eigenvalue weighted by atomic mass is 10.0. The Morgan fingerprint density at radius 1 is 0.944 bits per heavy atom. The summed E-state index contributed by atoms with van der Waals surface area (Å²) < 4.78 is 5.69. The van der Waals surface area contributed by atoms with Crippen LogP contribution in [0.1, 0.15) is 32.9 Å². The molecular formula is C29H29N3O4. The van der Waals surface area contributed by atoms with Gasteiger partial charge in [-0.1, -0.05) is 30.3 Å². The molecule has 7 heteroatoms. The van der Waals surface area contributed by atoms with Gasteiger partial charge in [0, 0.05) is 42.7 Å². The monoisotopic (exact) mass is 483 g/mol. The van der Waals surface area contributed by atoms with Crippen molar-refractivity contribution in [3.05, 3.63) is 89.7 Å². The number of nitrogens with zero attached hydrogens (tertiary/aromatic N) is 2. The number of fused-ring (bicyclic) bond motifs is 1. The van der Waals surface area contributed by atoms with Crippen LogP contribution in [0.4, 0.5) is 11.4 Å². The van der Waals surface area contributed by atoms with Crippen LogP contribution in [0, 0.1) is 0 Å². The van der Waals surface area contributed by atoms with Gasteiger partial charge in [0.1, 0.15) is 11.3 Å². The zero-order valence-corrected chi connectivity index (χ0v) is 20.2. The number of carbonyl (C=O) groups is 2. The normalized spacial score (nSPS) is 14.5. The minimum Gasteiger partial charge on any atom is -0.506 e. The molecule has 2 N–H and O–H groups in total. The van der Waals surface area contributed by atoms with E-state index in [0.717, 1.165) is 43.7 Å². The molecule has 36 heavy (non-hydrogen) atoms. The number of hydrogen-bond donors (Lipinski definition) is 2. The number of hydrogen-bond acceptors (Lipinski definition) is 6. The molecule has 3 aromatic carbocycles. The summed E-state index contributed by atoms with van der Waals surface area (Å²) in [6.07, 6.45) is 1.08. The van der Waals surface area contributed by atoms with Gasteiger partial charge in [-0.2, -0.15) is 0 Å². The van der Waals surface area contributed by atoms with E-state index in [1.54, 1.807) is 30.3 Å². The van der Waals surface area contributed by atoms with Crippen molar-refractivity contribution < 1.29 is 19.1 Å². The Hall–Kier alpha value is -4.10. The second-order valence-corrected chi connectivity index (χ2v) is 9.20. The lowest BCUT2D eigenvalue weighted by molar-refractivity contribution is 0.0966. The van der Waals surface area contributed by atoms with Crippen molar-refractivity contribution in [3.8, 4) is 5.75 Å². The largest absolute Gasteiger partial charge is 0.506 e. The van der Waals surface area contributed by atoms with E-state index < -0.39 is 0 Å². The second kappa shape index (κ2) is 10.3. The number of rotatable bonds is 6. The van der Waals surface area contributed by atoms with E-state index in [1.807, 2.05) is 36.4 Å². The average molecular weight is 484 g/mol. The third-order valence-electron chi connectivity index (χ3n) is 6.63. The molecular weight excluding hydrogens is 454 g/mol. The second-order valence-electron chi connectivity index (χ2n) is 9.20. The Balaban J connectivity index is 1.31. The third-order valence-corrected chi connectivity index (χ3v) is 6.63. The molecule has 1 fully saturated rings. The summed E-state index contributed by atoms with van der Waals surface area (Å²) in [5.41, 5.74) is 2.94. The first-order chi connectivity index (χ1) is 17.5. The maximum Gasteiger partial charge on any atom is 0.255 e. The molecule has 0 radical (unpaired) electrons. The van der Waals surface area contributed by atoms with Gasteiger partial charge in [0.25, 0.3) is 5.91 Å². The molecule has 4 aromatic rings. The molecule has 2 heterocycles. The highest BCUT2D eigenvalue weighted by Gasteiger charge is 2.19. The summed E-state index contributed by atoms with van der Waals surface area (Å²) in [6, 6.07) is 21.5. The highest BCUT2D eigenvalue weighted by Crippen LogP contribution is 2.30. The van der Waals surface area contributed by atoms with Crippen LogP contribution in [-0.4, -0.2) is 54.9 Å². The van der Waals surface area contributed by atoms with Crippen LogP contribution in [0.3, 0.4) is 0 Å². The van der Waals surface area contributed by atoms with Crippen molar-refractivity contribution in [2.24, 2.45) is 0 Å². The Morgan fingerprint density at radius 3 is 2.56 bits per heavy atom. The van der Waals surface area contributed by atoms with Gasteiger partial charge < -0.3 is 24.6 Å². The van der Waals surface area contributed by atoms with Crippen LogP contribution in [0.15, 0.2) is 77.2 Å². The van der Waals surface area contributed by atoms with E-state index in [2.05, 4.69) is 22.2 Å². The van der Waals surface area contributed by atoms with E-state index in [-0.39, 0.29) is 35.3 Å². The van der Waals surface area contributed by atoms with Crippen LogP contribution in [-0.2, 0) is 6.42 Å². The number of benzene rings is 3. The number of likely N-dealkylation sites (N-methyl/N-ethyl adjacent to an activating group) is 1. The third kappa shape index (κ3) is 5.11. The maximum absolute atomic E-state index is 13.0. The van der Waals surface area contributed by atoms with Gasteiger partial charge in [-0.15, -0.1) is 0 Å². The summed E-state index contributed by atoms with van der Waals surface area (Å²) in [6.45, 7) is 4.02. The first-order valence-electron chi connectivity index (χ1n) is 12.2. The Morgan fingerprint density at radius 2 is 1.75 bits per heavy atom. The molecule has 1 aromatic heterocycles. The molecule has 1 aliphatic heterocycles. The molecule has 1 aliphatic rings. The zero-order valence-electron chi connectivity index (χ0n) is 20.2. The topological polar surface area (TPSA) is 86.0 Å². The van der Waals surface area contributed by atoms with Crippen molar-refractivity contribution in [2.45, 2.75) is 12.8 Å². The van der Waals surface area contributed by atoms with Crippen molar-refractivity contribution in [1.29, 1.82) is 0 Å². The van der Waals surface area contributed by atoms with Crippen molar-refractivity contribution in [1.82, 2.24) is 4.90 Å². The van der Waals surface area contributed by atoms with Crippen molar-refractivity contribution in [2.75, 3.05) is 43.4 Å². The molecule has 184 valence electrons. The summed E-state index contributed by atoms with van der Waals surface area (Å²) >= 11 is 0. The fraction of sp³-hybridized carbons (Fsp3) is 0.241. The highest BCUT2D eigenvalue weighted by molar-refractivity contribution is 6.06. The molecule has 0 spiro atoms. The van der Waals surface area contributed by atoms with Gasteiger partial charge in [-0.25, -0.2) is 0 Å². The van der Waals surface area contributed by atoms with E-state index in [9.17, 15) is 14.7 Å². The molecule has 0 aliphatic carbocycles. The number of furan rings is 1. The average Bonchev–Trinajstić information content (AvgIpc) is 3.21. The predicted octanol–water partition coefficient (Wildman–Crippen LogP) is 4.96. The number of para-hydroxylation sites is 2. The van der Waals surface area contributed by atoms with Crippen LogP contribution < -0.4 is 10.2 Å². The Kier molecular flexibility index (Phi) is 6.73. The number of nitrogens with one attached hydrogen (secondary N) is 1. The SMILES string of the molecule is CN1CCCN(c2ccc(C(=O)Nc3c(O)cccc3CC(=O)c3cc4ccccc4o3)cc2)CC1. The van der Waals surface area contributed by atoms with Crippen LogP contribution in [0.2, 0.25) is 0 Å². The molecule has 5 rings (SSSR count). The molecule has 0 atom stereocenters. The number of phenolic OH excluding ortho intramolecular Hbond substituents is 1. The van der Waals surface area contributed by atoms with Gasteiger partial charge in [-0.3, -0.25) is 9.59 Å². The molecule has 0 saturated carbocycles. The van der Waals surface area contributed by atoms with Crippen LogP contribution in [0.5, 0.6) is 5.75 Å². The van der Waals surface area contributed by atoms with Gasteiger partial charge in [0.15, 0.2) is 5.76 Å². The number of ketones is 1. The highest BCUT2D eigenvalue weighted by atomic mass is 16.3.